The van der Waals surface area contributed by atoms with Crippen molar-refractivity contribution in [2.75, 3.05) is 11.4 Å². The second-order valence-electron chi connectivity index (χ2n) is 6.53. The molecule has 5 nitrogen and oxygen atoms in total. The van der Waals surface area contributed by atoms with Crippen LogP contribution in [0.3, 0.4) is 0 Å². The van der Waals surface area contributed by atoms with E-state index in [1.807, 2.05) is 30.3 Å². The van der Waals surface area contributed by atoms with E-state index in [9.17, 15) is 15.2 Å². The molecule has 136 valence electrons. The molecule has 1 aliphatic rings. The van der Waals surface area contributed by atoms with Crippen molar-refractivity contribution in [1.29, 1.82) is 0 Å². The van der Waals surface area contributed by atoms with Crippen molar-refractivity contribution in [2.45, 2.75) is 12.5 Å². The van der Waals surface area contributed by atoms with Crippen molar-refractivity contribution in [2.24, 2.45) is 0 Å². The van der Waals surface area contributed by atoms with E-state index in [4.69, 9.17) is 11.6 Å². The molecule has 1 aliphatic heterocycles. The van der Waals surface area contributed by atoms with Crippen LogP contribution in [-0.2, 0) is 6.42 Å². The van der Waals surface area contributed by atoms with Gasteiger partial charge in [-0.05, 0) is 41.8 Å². The Bertz CT molecular complexity index is 1000. The molecule has 3 aromatic rings. The van der Waals surface area contributed by atoms with Gasteiger partial charge in [-0.15, -0.1) is 0 Å². The first-order chi connectivity index (χ1) is 13.0. The molecule has 27 heavy (non-hydrogen) atoms. The molecule has 1 atom stereocenters. The van der Waals surface area contributed by atoms with E-state index in [1.165, 1.54) is 23.8 Å². The lowest BCUT2D eigenvalue weighted by molar-refractivity contribution is -0.384. The number of rotatable bonds is 4. The predicted molar refractivity (Wildman–Crippen MR) is 106 cm³/mol. The fourth-order valence-electron chi connectivity index (χ4n) is 3.68. The van der Waals surface area contributed by atoms with Gasteiger partial charge >= 0.3 is 0 Å². The number of benzene rings is 3. The third-order valence-corrected chi connectivity index (χ3v) is 5.19. The predicted octanol–water partition coefficient (Wildman–Crippen LogP) is 5.11. The monoisotopic (exact) mass is 380 g/mol. The van der Waals surface area contributed by atoms with Crippen molar-refractivity contribution < 1.29 is 10.0 Å². The Balaban J connectivity index is 1.89. The van der Waals surface area contributed by atoms with E-state index in [0.29, 0.717) is 10.6 Å². The standard InChI is InChI=1S/C21H17ClN2O3/c22-16-7-5-15(6-8-16)21(18-13-17(24(26)27)9-10-20(18)25)23-12-11-14-3-1-2-4-19(14)23/h1-10,13,21,25H,11-12H2. The number of anilines is 1. The summed E-state index contributed by atoms with van der Waals surface area (Å²) in [6.45, 7) is 0.759. The van der Waals surface area contributed by atoms with Gasteiger partial charge in [-0.25, -0.2) is 0 Å². The number of phenols is 1. The smallest absolute Gasteiger partial charge is 0.270 e. The average Bonchev–Trinajstić information content (AvgIpc) is 3.09. The van der Waals surface area contributed by atoms with Gasteiger partial charge in [0.15, 0.2) is 0 Å². The quantitative estimate of drug-likeness (QED) is 0.504. The molecule has 1 heterocycles. The maximum absolute atomic E-state index is 11.3. The second kappa shape index (κ2) is 6.93. The molecule has 0 saturated heterocycles. The average molecular weight is 381 g/mol. The molecule has 0 amide bonds. The molecule has 0 aliphatic carbocycles. The maximum atomic E-state index is 11.3. The lowest BCUT2D eigenvalue weighted by Gasteiger charge is -2.31. The minimum atomic E-state index is -0.445. The normalized spacial score (nSPS) is 14.0. The third kappa shape index (κ3) is 3.22. The number of nitro groups is 1. The van der Waals surface area contributed by atoms with Gasteiger partial charge in [-0.2, -0.15) is 0 Å². The van der Waals surface area contributed by atoms with Crippen LogP contribution in [0.25, 0.3) is 0 Å². The Kier molecular flexibility index (Phi) is 4.46. The fraction of sp³-hybridized carbons (Fsp3) is 0.143. The minimum Gasteiger partial charge on any atom is -0.508 e. The number of para-hydroxylation sites is 1. The van der Waals surface area contributed by atoms with Gasteiger partial charge in [-0.3, -0.25) is 10.1 Å². The first kappa shape index (κ1) is 17.4. The number of hydrogen-bond donors (Lipinski definition) is 1. The third-order valence-electron chi connectivity index (χ3n) is 4.94. The van der Waals surface area contributed by atoms with Crippen molar-refractivity contribution in [3.05, 3.63) is 98.6 Å². The SMILES string of the molecule is O=[N+]([O-])c1ccc(O)c(C(c2ccc(Cl)cc2)N2CCc3ccccc32)c1. The van der Waals surface area contributed by atoms with E-state index in [1.54, 1.807) is 12.1 Å². The lowest BCUT2D eigenvalue weighted by atomic mass is 9.95. The van der Waals surface area contributed by atoms with E-state index in [2.05, 4.69) is 11.0 Å². The summed E-state index contributed by atoms with van der Waals surface area (Å²) < 4.78 is 0. The highest BCUT2D eigenvalue weighted by atomic mass is 35.5. The van der Waals surface area contributed by atoms with Crippen LogP contribution in [0.2, 0.25) is 5.02 Å². The topological polar surface area (TPSA) is 66.6 Å². The van der Waals surface area contributed by atoms with Crippen LogP contribution < -0.4 is 4.90 Å². The zero-order chi connectivity index (χ0) is 19.0. The minimum absolute atomic E-state index is 0.0323. The Morgan fingerprint density at radius 2 is 1.81 bits per heavy atom. The highest BCUT2D eigenvalue weighted by Gasteiger charge is 2.31. The molecule has 1 N–H and O–H groups in total. The van der Waals surface area contributed by atoms with Gasteiger partial charge < -0.3 is 10.0 Å². The first-order valence-corrected chi connectivity index (χ1v) is 8.99. The molecule has 1 unspecified atom stereocenters. The lowest BCUT2D eigenvalue weighted by Crippen LogP contribution is -2.27. The first-order valence-electron chi connectivity index (χ1n) is 8.62. The van der Waals surface area contributed by atoms with E-state index >= 15 is 0 Å². The van der Waals surface area contributed by atoms with E-state index < -0.39 is 4.92 Å². The summed E-state index contributed by atoms with van der Waals surface area (Å²) in [6.07, 6.45) is 0.885. The summed E-state index contributed by atoms with van der Waals surface area (Å²) in [7, 11) is 0. The molecule has 6 heteroatoms. The zero-order valence-electron chi connectivity index (χ0n) is 14.4. The molecule has 0 bridgehead atoms. The number of nitro benzene ring substituents is 1. The molecule has 0 fully saturated rings. The molecule has 0 radical (unpaired) electrons. The molecule has 0 saturated carbocycles. The maximum Gasteiger partial charge on any atom is 0.270 e. The van der Waals surface area contributed by atoms with Gasteiger partial charge in [0.2, 0.25) is 0 Å². The summed E-state index contributed by atoms with van der Waals surface area (Å²) in [5.41, 5.74) is 3.66. The van der Waals surface area contributed by atoms with Gasteiger partial charge in [0, 0.05) is 35.0 Å². The van der Waals surface area contributed by atoms with Crippen LogP contribution in [0, 0.1) is 10.1 Å². The van der Waals surface area contributed by atoms with Crippen LogP contribution in [0.15, 0.2) is 66.7 Å². The number of fused-ring (bicyclic) bond motifs is 1. The van der Waals surface area contributed by atoms with Crippen molar-refractivity contribution in [3.8, 4) is 5.75 Å². The van der Waals surface area contributed by atoms with Gasteiger partial charge in [0.1, 0.15) is 5.75 Å². The Hall–Kier alpha value is -3.05. The Morgan fingerprint density at radius 1 is 1.07 bits per heavy atom. The van der Waals surface area contributed by atoms with Crippen LogP contribution in [0.5, 0.6) is 5.75 Å². The molecule has 4 rings (SSSR count). The number of halogens is 1. The molecule has 3 aromatic carbocycles. The van der Waals surface area contributed by atoms with Gasteiger partial charge in [0.25, 0.3) is 5.69 Å². The molecular formula is C21H17ClN2O3. The number of non-ortho nitro benzene ring substituents is 1. The molecular weight excluding hydrogens is 364 g/mol. The van der Waals surface area contributed by atoms with Crippen LogP contribution in [0.1, 0.15) is 22.7 Å². The Morgan fingerprint density at radius 3 is 2.56 bits per heavy atom. The van der Waals surface area contributed by atoms with Crippen LogP contribution in [0.4, 0.5) is 11.4 Å². The van der Waals surface area contributed by atoms with Crippen LogP contribution >= 0.6 is 11.6 Å². The summed E-state index contributed by atoms with van der Waals surface area (Å²) in [5.74, 6) is 0.0323. The summed E-state index contributed by atoms with van der Waals surface area (Å²) in [5, 5.41) is 22.4. The van der Waals surface area contributed by atoms with Crippen molar-refractivity contribution in [1.82, 2.24) is 0 Å². The Labute approximate surface area is 161 Å². The van der Waals surface area contributed by atoms with E-state index in [-0.39, 0.29) is 17.5 Å². The fourth-order valence-corrected chi connectivity index (χ4v) is 3.80. The number of nitrogens with zero attached hydrogens (tertiary/aromatic N) is 2. The highest BCUT2D eigenvalue weighted by Crippen LogP contribution is 2.42. The van der Waals surface area contributed by atoms with Crippen molar-refractivity contribution in [3.63, 3.8) is 0 Å². The zero-order valence-corrected chi connectivity index (χ0v) is 15.1. The van der Waals surface area contributed by atoms with Crippen LogP contribution in [-0.4, -0.2) is 16.6 Å². The highest BCUT2D eigenvalue weighted by molar-refractivity contribution is 6.30. The number of hydrogen-bond acceptors (Lipinski definition) is 4. The second-order valence-corrected chi connectivity index (χ2v) is 6.96. The number of aromatic hydroxyl groups is 1. The molecule has 0 aromatic heterocycles. The van der Waals surface area contributed by atoms with Crippen molar-refractivity contribution >= 4 is 23.0 Å². The summed E-state index contributed by atoms with van der Waals surface area (Å²) in [6, 6.07) is 19.3. The largest absolute Gasteiger partial charge is 0.508 e. The van der Waals surface area contributed by atoms with E-state index in [0.717, 1.165) is 24.2 Å². The summed E-state index contributed by atoms with van der Waals surface area (Å²) in [4.78, 5) is 13.0. The van der Waals surface area contributed by atoms with Gasteiger partial charge in [0.05, 0.1) is 11.0 Å². The van der Waals surface area contributed by atoms with Gasteiger partial charge in [-0.1, -0.05) is 41.9 Å². The molecule has 0 spiro atoms. The summed E-state index contributed by atoms with van der Waals surface area (Å²) >= 11 is 6.05. The number of phenolic OH excluding ortho intramolecular Hbond substituents is 1.